The van der Waals surface area contributed by atoms with Gasteiger partial charge < -0.3 is 4.74 Å². The molecule has 0 aliphatic heterocycles. The molecule has 0 N–H and O–H groups in total. The van der Waals surface area contributed by atoms with E-state index in [4.69, 9.17) is 0 Å². The molecule has 0 radical (unpaired) electrons. The van der Waals surface area contributed by atoms with Gasteiger partial charge in [-0.3, -0.25) is 0 Å². The Kier molecular flexibility index (Phi) is 7.31. The van der Waals surface area contributed by atoms with Gasteiger partial charge in [-0.15, -0.1) is 0 Å². The molecule has 1 fully saturated rings. The lowest BCUT2D eigenvalue weighted by molar-refractivity contribution is -0.189. The Morgan fingerprint density at radius 2 is 1.34 bits per heavy atom. The largest absolute Gasteiger partial charge is 0.432 e. The number of hydrogen-bond donors (Lipinski definition) is 0. The summed E-state index contributed by atoms with van der Waals surface area (Å²) in [6.45, 7) is 1.12. The Morgan fingerprint density at radius 3 is 1.86 bits per heavy atom. The summed E-state index contributed by atoms with van der Waals surface area (Å²) in [5.74, 6) is -4.88. The molecule has 3 aromatic rings. The van der Waals surface area contributed by atoms with Crippen LogP contribution in [0.15, 0.2) is 48.5 Å². The highest BCUT2D eigenvalue weighted by Crippen LogP contribution is 2.39. The van der Waals surface area contributed by atoms with E-state index in [0.29, 0.717) is 23.6 Å². The van der Waals surface area contributed by atoms with Crippen LogP contribution >= 0.6 is 0 Å². The summed E-state index contributed by atoms with van der Waals surface area (Å²) < 4.78 is 90.4. The molecule has 0 unspecified atom stereocenters. The quantitative estimate of drug-likeness (QED) is 0.249. The van der Waals surface area contributed by atoms with Crippen molar-refractivity contribution in [2.45, 2.75) is 50.7 Å². The first-order chi connectivity index (χ1) is 16.6. The maximum absolute atomic E-state index is 14.7. The van der Waals surface area contributed by atoms with Gasteiger partial charge in [0, 0.05) is 27.9 Å². The van der Waals surface area contributed by atoms with Gasteiger partial charge in [0.2, 0.25) is 0 Å². The van der Waals surface area contributed by atoms with E-state index >= 15 is 0 Å². The molecule has 8 heteroatoms. The molecule has 186 valence electrons. The molecule has 0 spiro atoms. The molecule has 0 amide bonds. The van der Waals surface area contributed by atoms with Gasteiger partial charge in [-0.25, -0.2) is 17.6 Å². The molecule has 0 aromatic heterocycles. The molecule has 4 rings (SSSR count). The summed E-state index contributed by atoms with van der Waals surface area (Å²) in [5.41, 5.74) is -0.273. The molecule has 3 aromatic carbocycles. The van der Waals surface area contributed by atoms with Crippen LogP contribution in [0.1, 0.15) is 48.3 Å². The summed E-state index contributed by atoms with van der Waals surface area (Å²) >= 11 is 0. The highest BCUT2D eigenvalue weighted by Gasteiger charge is 2.41. The van der Waals surface area contributed by atoms with Gasteiger partial charge in [0.1, 0.15) is 34.6 Å². The first-order valence-electron chi connectivity index (χ1n) is 11.7. The van der Waals surface area contributed by atoms with Crippen LogP contribution in [0, 0.1) is 36.1 Å². The van der Waals surface area contributed by atoms with Gasteiger partial charge in [0.15, 0.2) is 0 Å². The van der Waals surface area contributed by atoms with Crippen LogP contribution in [0.3, 0.4) is 0 Å². The van der Waals surface area contributed by atoms with Crippen molar-refractivity contribution in [2.24, 2.45) is 5.92 Å². The minimum absolute atomic E-state index is 0.0955. The fourth-order valence-corrected chi connectivity index (χ4v) is 5.57. The van der Waals surface area contributed by atoms with E-state index in [9.17, 15) is 26.3 Å². The van der Waals surface area contributed by atoms with Gasteiger partial charge in [-0.2, -0.15) is 8.78 Å². The number of rotatable bonds is 6. The summed E-state index contributed by atoms with van der Waals surface area (Å²) in [6.07, 6.45) is 0.171. The minimum Gasteiger partial charge on any atom is -0.429 e. The molecule has 0 atom stereocenters. The fraction of sp³-hybridized carbons (Fsp3) is 0.333. The fourth-order valence-electron chi connectivity index (χ4n) is 4.75. The monoisotopic (exact) mass is 508 g/mol. The van der Waals surface area contributed by atoms with Crippen molar-refractivity contribution < 1.29 is 31.1 Å². The third-order valence-corrected chi connectivity index (χ3v) is 8.13. The lowest BCUT2D eigenvalue weighted by atomic mass is 9.79. The van der Waals surface area contributed by atoms with E-state index in [1.165, 1.54) is 29.1 Å². The second-order valence-electron chi connectivity index (χ2n) is 9.19. The van der Waals surface area contributed by atoms with Gasteiger partial charge in [-0.05, 0) is 60.4 Å². The van der Waals surface area contributed by atoms with Crippen LogP contribution in [0.25, 0.3) is 11.1 Å². The van der Waals surface area contributed by atoms with Crippen molar-refractivity contribution in [3.8, 4) is 16.9 Å². The SMILES string of the molecule is Cc1c(F)cc(OC(F)(F)c2c(F)cc(-c3ccc(C4CCC(C[SiH3])CC4)cc3)cc2F)cc1F. The number of halogens is 6. The smallest absolute Gasteiger partial charge is 0.429 e. The zero-order valence-corrected chi connectivity index (χ0v) is 21.5. The van der Waals surface area contributed by atoms with E-state index in [1.54, 1.807) is 12.1 Å². The zero-order chi connectivity index (χ0) is 25.3. The lowest BCUT2D eigenvalue weighted by Gasteiger charge is -2.28. The Balaban J connectivity index is 1.55. The molecule has 0 heterocycles. The molecule has 1 nitrogen and oxygen atoms in total. The number of ether oxygens (including phenoxy) is 1. The Bertz CT molecular complexity index is 1160. The Hall–Kier alpha value is -2.74. The maximum atomic E-state index is 14.7. The third kappa shape index (κ3) is 5.42. The normalized spacial score (nSPS) is 18.6. The van der Waals surface area contributed by atoms with E-state index in [1.807, 2.05) is 12.1 Å². The number of hydrogen-bond acceptors (Lipinski definition) is 1. The van der Waals surface area contributed by atoms with Gasteiger partial charge in [0.25, 0.3) is 0 Å². The third-order valence-electron chi connectivity index (χ3n) is 6.97. The second-order valence-corrected chi connectivity index (χ2v) is 10.0. The summed E-state index contributed by atoms with van der Waals surface area (Å²) in [4.78, 5) is 0. The van der Waals surface area contributed by atoms with Crippen LogP contribution in [0.2, 0.25) is 6.04 Å². The first kappa shape index (κ1) is 25.4. The van der Waals surface area contributed by atoms with Gasteiger partial charge >= 0.3 is 6.11 Å². The summed E-state index contributed by atoms with van der Waals surface area (Å²) in [5, 5.41) is 0. The molecule has 1 aliphatic rings. The number of benzene rings is 3. The van der Waals surface area contributed by atoms with Crippen LogP contribution in [0.4, 0.5) is 26.3 Å². The average molecular weight is 509 g/mol. The number of alkyl halides is 2. The standard InChI is InChI=1S/C27H26F6OSi/c1-15-22(28)12-21(13-23(15)29)34-27(32,33)26-24(30)10-20(11-25(26)31)19-8-6-18(7-9-19)17-4-2-16(14-35)3-5-17/h6-13,16-17H,2-5,14H2,1,35H3. The van der Waals surface area contributed by atoms with Crippen molar-refractivity contribution in [1.82, 2.24) is 0 Å². The topological polar surface area (TPSA) is 9.23 Å². The highest BCUT2D eigenvalue weighted by molar-refractivity contribution is 6.08. The van der Waals surface area contributed by atoms with Crippen molar-refractivity contribution in [3.05, 3.63) is 88.5 Å². The molecular weight excluding hydrogens is 482 g/mol. The molecular formula is C27H26F6OSi. The van der Waals surface area contributed by atoms with Crippen molar-refractivity contribution in [1.29, 1.82) is 0 Å². The van der Waals surface area contributed by atoms with Crippen molar-refractivity contribution >= 4 is 10.2 Å². The maximum Gasteiger partial charge on any atom is 0.432 e. The average Bonchev–Trinajstić information content (AvgIpc) is 2.81. The van der Waals surface area contributed by atoms with E-state index in [-0.39, 0.29) is 11.1 Å². The summed E-state index contributed by atoms with van der Waals surface area (Å²) in [6, 6.07) is 11.3. The van der Waals surface area contributed by atoms with Gasteiger partial charge in [0.05, 0.1) is 0 Å². The van der Waals surface area contributed by atoms with E-state index in [2.05, 4.69) is 4.74 Å². The molecule has 1 saturated carbocycles. The van der Waals surface area contributed by atoms with Crippen molar-refractivity contribution in [2.75, 3.05) is 0 Å². The summed E-state index contributed by atoms with van der Waals surface area (Å²) in [7, 11) is 1.22. The molecule has 35 heavy (non-hydrogen) atoms. The predicted octanol–water partition coefficient (Wildman–Crippen LogP) is 7.40. The second kappa shape index (κ2) is 10.1. The Labute approximate surface area is 203 Å². The first-order valence-corrected chi connectivity index (χ1v) is 13.1. The highest BCUT2D eigenvalue weighted by atomic mass is 28.1. The Morgan fingerprint density at radius 1 is 0.800 bits per heavy atom. The van der Waals surface area contributed by atoms with E-state index < -0.39 is 40.7 Å². The minimum atomic E-state index is -4.50. The zero-order valence-electron chi connectivity index (χ0n) is 19.5. The van der Waals surface area contributed by atoms with Gasteiger partial charge in [-0.1, -0.05) is 43.2 Å². The van der Waals surface area contributed by atoms with Crippen LogP contribution in [0.5, 0.6) is 5.75 Å². The predicted molar refractivity (Wildman–Crippen MR) is 127 cm³/mol. The lowest BCUT2D eigenvalue weighted by Crippen LogP contribution is -2.25. The molecule has 1 aliphatic carbocycles. The van der Waals surface area contributed by atoms with Crippen LogP contribution in [-0.2, 0) is 6.11 Å². The van der Waals surface area contributed by atoms with Crippen LogP contribution in [-0.4, -0.2) is 10.2 Å². The van der Waals surface area contributed by atoms with E-state index in [0.717, 1.165) is 43.4 Å². The van der Waals surface area contributed by atoms with Crippen LogP contribution < -0.4 is 4.74 Å². The molecule has 0 bridgehead atoms. The molecule has 0 saturated heterocycles. The van der Waals surface area contributed by atoms with Crippen molar-refractivity contribution in [3.63, 3.8) is 0 Å².